The van der Waals surface area contributed by atoms with Gasteiger partial charge >= 0.3 is 168 Å². The van der Waals surface area contributed by atoms with E-state index in [1.807, 2.05) is 0 Å². The van der Waals surface area contributed by atoms with Crippen molar-refractivity contribution in [3.63, 3.8) is 0 Å². The number of rotatable bonds is 0. The normalized spacial score (nSPS) is 30.4. The molecular formula is C12H15F12N4Ti. The van der Waals surface area contributed by atoms with Gasteiger partial charge in [0.1, 0.15) is 0 Å². The zero-order valence-corrected chi connectivity index (χ0v) is 15.7. The van der Waals surface area contributed by atoms with Gasteiger partial charge in [0.05, 0.1) is 0 Å². The van der Waals surface area contributed by atoms with E-state index in [0.717, 1.165) is 0 Å². The Morgan fingerprint density at radius 1 is 0.552 bits per heavy atom. The average molecular weight is 491 g/mol. The molecule has 0 aliphatic carbocycles. The van der Waals surface area contributed by atoms with Crippen LogP contribution in [-0.2, 0) is 20.7 Å². The predicted octanol–water partition coefficient (Wildman–Crippen LogP) is 2.26. The van der Waals surface area contributed by atoms with Crippen LogP contribution in [0.4, 0.5) is 52.7 Å². The summed E-state index contributed by atoms with van der Waals surface area (Å²) in [6.45, 7) is -5.91. The molecule has 1 rings (SSSR count). The Hall–Kier alpha value is -0.286. The molecule has 4 atom stereocenters. The second-order valence-electron chi connectivity index (χ2n) is 6.22. The van der Waals surface area contributed by atoms with Crippen LogP contribution >= 0.6 is 0 Å². The van der Waals surface area contributed by atoms with Gasteiger partial charge in [-0.15, -0.1) is 0 Å². The van der Waals surface area contributed by atoms with E-state index in [-0.39, 0.29) is 3.38 Å². The molecule has 4 nitrogen and oxygen atoms in total. The van der Waals surface area contributed by atoms with Crippen LogP contribution in [0.2, 0.25) is 0 Å². The summed E-state index contributed by atoms with van der Waals surface area (Å²) in [5.41, 5.74) is 0. The fourth-order valence-corrected chi connectivity index (χ4v) is 3.05. The van der Waals surface area contributed by atoms with Gasteiger partial charge in [-0.1, -0.05) is 0 Å². The molecule has 1 saturated heterocycles. The molecule has 0 amide bonds. The zero-order chi connectivity index (χ0) is 22.8. The van der Waals surface area contributed by atoms with Crippen molar-refractivity contribution < 1.29 is 73.4 Å². The van der Waals surface area contributed by atoms with Crippen LogP contribution in [0.25, 0.3) is 0 Å². The Kier molecular flexibility index (Phi) is 8.73. The third kappa shape index (κ3) is 8.40. The minimum absolute atomic E-state index is 0.100. The average Bonchev–Trinajstić information content (AvgIpc) is 2.45. The molecule has 17 heteroatoms. The first kappa shape index (κ1) is 26.7. The Balaban J connectivity index is 3.24. The van der Waals surface area contributed by atoms with Gasteiger partial charge in [-0.25, -0.2) is 0 Å². The van der Waals surface area contributed by atoms with E-state index in [2.05, 4.69) is 0 Å². The van der Waals surface area contributed by atoms with Crippen molar-refractivity contribution in [1.29, 1.82) is 0 Å². The number of nitrogens with one attached hydrogen (secondary N) is 3. The van der Waals surface area contributed by atoms with Gasteiger partial charge < -0.3 is 0 Å². The second kappa shape index (κ2) is 9.46. The Morgan fingerprint density at radius 3 is 1.24 bits per heavy atom. The van der Waals surface area contributed by atoms with Gasteiger partial charge in [0.2, 0.25) is 0 Å². The number of halogens is 12. The van der Waals surface area contributed by atoms with Crippen molar-refractivity contribution in [1.82, 2.24) is 19.3 Å². The standard InChI is InChI=1S/C12H15F12N4.Ti/c13-9(14,15)5-1-25-6(10(16,17)18)2-27-8(12(22,23)24)4-28-7(3-26-5)11(19,20)21;/h5-8,25-27H,1-4H2;/q-1;+1. The Labute approximate surface area is 168 Å². The maximum atomic E-state index is 13.2. The molecule has 29 heavy (non-hydrogen) atoms. The summed E-state index contributed by atoms with van der Waals surface area (Å²) in [5, 5.41) is 4.38. The second-order valence-corrected chi connectivity index (χ2v) is 7.11. The monoisotopic (exact) mass is 491 g/mol. The molecule has 1 heterocycles. The first-order valence-corrected chi connectivity index (χ1v) is 8.48. The van der Waals surface area contributed by atoms with Crippen molar-refractivity contribution in [3.8, 4) is 0 Å². The molecule has 0 aromatic carbocycles. The summed E-state index contributed by atoms with van der Waals surface area (Å²) in [6.07, 6.45) is -20.8. The molecule has 171 valence electrons. The van der Waals surface area contributed by atoms with E-state index in [9.17, 15) is 52.7 Å². The molecule has 0 aromatic heterocycles. The molecule has 1 aliphatic heterocycles. The fraction of sp³-hybridized carbons (Fsp3) is 1.00. The number of alkyl halides is 12. The predicted molar refractivity (Wildman–Crippen MR) is 70.1 cm³/mol. The molecule has 1 aliphatic rings. The number of nitrogens with zero attached hydrogens (tertiary/aromatic N) is 1. The van der Waals surface area contributed by atoms with Crippen molar-refractivity contribution >= 4 is 0 Å². The van der Waals surface area contributed by atoms with E-state index < -0.39 is 75.1 Å². The van der Waals surface area contributed by atoms with Crippen LogP contribution in [0.1, 0.15) is 0 Å². The molecular weight excluding hydrogens is 476 g/mol. The van der Waals surface area contributed by atoms with Crippen molar-refractivity contribution in [3.05, 3.63) is 0 Å². The van der Waals surface area contributed by atoms with Crippen molar-refractivity contribution in [2.45, 2.75) is 48.9 Å². The quantitative estimate of drug-likeness (QED) is 0.360. The van der Waals surface area contributed by atoms with Gasteiger partial charge in [-0.2, -0.15) is 0 Å². The third-order valence-electron chi connectivity index (χ3n) is 4.01. The van der Waals surface area contributed by atoms with E-state index in [0.29, 0.717) is 20.7 Å². The van der Waals surface area contributed by atoms with Gasteiger partial charge in [-0.05, 0) is 0 Å². The van der Waals surface area contributed by atoms with Gasteiger partial charge in [0, 0.05) is 0 Å². The summed E-state index contributed by atoms with van der Waals surface area (Å²) in [6, 6.07) is -11.1. The molecule has 0 radical (unpaired) electrons. The minimum atomic E-state index is -5.20. The van der Waals surface area contributed by atoms with Crippen LogP contribution in [0.3, 0.4) is 0 Å². The summed E-state index contributed by atoms with van der Waals surface area (Å²) in [7, 11) is 0. The number of hydrogen-bond acceptors (Lipinski definition) is 4. The third-order valence-corrected chi connectivity index (χ3v) is 4.78. The summed E-state index contributed by atoms with van der Waals surface area (Å²) >= 11 is 0.591. The molecule has 0 bridgehead atoms. The fourth-order valence-electron chi connectivity index (χ4n) is 2.39. The Morgan fingerprint density at radius 2 is 0.897 bits per heavy atom. The molecule has 4 unspecified atom stereocenters. The van der Waals surface area contributed by atoms with Crippen LogP contribution < -0.4 is 16.0 Å². The Bertz CT molecular complexity index is 517. The van der Waals surface area contributed by atoms with E-state index in [4.69, 9.17) is 0 Å². The summed E-state index contributed by atoms with van der Waals surface area (Å²) in [4.78, 5) is 0. The maximum absolute atomic E-state index is 13.2. The number of hydrogen-bond donors (Lipinski definition) is 3. The molecule has 0 aromatic rings. The molecule has 0 saturated carbocycles. The topological polar surface area (TPSA) is 39.3 Å². The van der Waals surface area contributed by atoms with Gasteiger partial charge in [0.25, 0.3) is 0 Å². The molecule has 3 N–H and O–H groups in total. The van der Waals surface area contributed by atoms with Gasteiger partial charge in [-0.3, -0.25) is 0 Å². The van der Waals surface area contributed by atoms with Crippen molar-refractivity contribution in [2.75, 3.05) is 26.2 Å². The van der Waals surface area contributed by atoms with Crippen LogP contribution in [0.15, 0.2) is 0 Å². The zero-order valence-electron chi connectivity index (χ0n) is 14.1. The van der Waals surface area contributed by atoms with E-state index in [1.165, 1.54) is 16.0 Å². The van der Waals surface area contributed by atoms with Crippen molar-refractivity contribution in [2.24, 2.45) is 0 Å². The SMILES string of the molecule is FC(F)(F)C1CNC(C(F)(F)F)C[N]([Ti])C(C(F)(F)F)CNC(C(F)(F)F)CN1. The summed E-state index contributed by atoms with van der Waals surface area (Å²) in [5.74, 6) is 0. The summed E-state index contributed by atoms with van der Waals surface area (Å²) < 4.78 is 157. The van der Waals surface area contributed by atoms with E-state index in [1.54, 1.807) is 0 Å². The van der Waals surface area contributed by atoms with E-state index >= 15 is 0 Å². The van der Waals surface area contributed by atoms with Crippen LogP contribution in [0, 0.1) is 0 Å². The first-order valence-electron chi connectivity index (χ1n) is 7.78. The molecule has 1 fully saturated rings. The van der Waals surface area contributed by atoms with Crippen LogP contribution in [-0.4, -0.2) is 78.4 Å². The molecule has 0 spiro atoms. The first-order chi connectivity index (χ1) is 12.8. The van der Waals surface area contributed by atoms with Crippen LogP contribution in [0.5, 0.6) is 0 Å². The van der Waals surface area contributed by atoms with Gasteiger partial charge in [0.15, 0.2) is 0 Å².